The Morgan fingerprint density at radius 2 is 2.13 bits per heavy atom. The number of nitrogens with one attached hydrogen (secondary N) is 3. The van der Waals surface area contributed by atoms with Crippen molar-refractivity contribution in [2.75, 3.05) is 6.54 Å². The summed E-state index contributed by atoms with van der Waals surface area (Å²) >= 11 is 1.39. The molecule has 2 rings (SSSR count). The van der Waals surface area contributed by atoms with E-state index in [0.717, 1.165) is 17.5 Å². The highest BCUT2D eigenvalue weighted by Gasteiger charge is 2.32. The van der Waals surface area contributed by atoms with Gasteiger partial charge in [0, 0.05) is 12.4 Å². The van der Waals surface area contributed by atoms with Crippen molar-refractivity contribution in [3.05, 3.63) is 52.6 Å². The molecule has 8 nitrogen and oxygen atoms in total. The normalized spacial score (nSPS) is 19.0. The summed E-state index contributed by atoms with van der Waals surface area (Å²) in [6.45, 7) is 7.30. The molecule has 0 saturated heterocycles. The number of carbonyl (C=O) groups excluding carboxylic acids is 2. The Kier molecular flexibility index (Phi) is 7.29. The van der Waals surface area contributed by atoms with Crippen LogP contribution in [0.5, 0.6) is 0 Å². The largest absolute Gasteiger partial charge is 0.404 e. The Morgan fingerprint density at radius 1 is 1.40 bits per heavy atom. The van der Waals surface area contributed by atoms with Gasteiger partial charge in [0.05, 0.1) is 35.0 Å². The van der Waals surface area contributed by atoms with Gasteiger partial charge in [0.15, 0.2) is 4.99 Å². The first kappa shape index (κ1) is 23.0. The van der Waals surface area contributed by atoms with Crippen LogP contribution >= 0.6 is 11.8 Å². The Morgan fingerprint density at radius 3 is 2.77 bits per heavy atom. The molecule has 30 heavy (non-hydrogen) atoms. The van der Waals surface area contributed by atoms with E-state index in [1.165, 1.54) is 18.0 Å². The summed E-state index contributed by atoms with van der Waals surface area (Å²) in [5.41, 5.74) is 7.54. The van der Waals surface area contributed by atoms with Gasteiger partial charge >= 0.3 is 0 Å². The zero-order chi connectivity index (χ0) is 22.4. The number of benzene rings is 1. The summed E-state index contributed by atoms with van der Waals surface area (Å²) < 4.78 is 0. The molecule has 1 aliphatic rings. The first-order valence-electron chi connectivity index (χ1n) is 9.28. The highest BCUT2D eigenvalue weighted by atomic mass is 32.2. The van der Waals surface area contributed by atoms with Crippen molar-refractivity contribution in [1.82, 2.24) is 16.0 Å². The van der Waals surface area contributed by atoms with Gasteiger partial charge in [0.2, 0.25) is 5.91 Å². The Balaban J connectivity index is 1.90. The van der Waals surface area contributed by atoms with Crippen molar-refractivity contribution in [3.8, 4) is 6.07 Å². The number of carbonyl (C=O) groups is 2. The van der Waals surface area contributed by atoms with E-state index in [1.54, 1.807) is 18.2 Å². The molecule has 1 unspecified atom stereocenters. The van der Waals surface area contributed by atoms with Crippen LogP contribution in [0.3, 0.4) is 0 Å². The van der Waals surface area contributed by atoms with E-state index < -0.39 is 10.9 Å². The van der Waals surface area contributed by atoms with E-state index in [4.69, 9.17) is 11.0 Å². The van der Waals surface area contributed by atoms with Crippen molar-refractivity contribution in [2.45, 2.75) is 38.2 Å². The molecular weight excluding hydrogens is 400 g/mol. The summed E-state index contributed by atoms with van der Waals surface area (Å²) in [6.07, 6.45) is 2.55. The maximum atomic E-state index is 12.4. The highest BCUT2D eigenvalue weighted by Crippen LogP contribution is 2.33. The van der Waals surface area contributed by atoms with Gasteiger partial charge in [0.1, 0.15) is 0 Å². The van der Waals surface area contributed by atoms with Crippen LogP contribution in [-0.2, 0) is 9.59 Å². The molecule has 0 bridgehead atoms. The molecule has 5 N–H and O–H groups in total. The van der Waals surface area contributed by atoms with Crippen molar-refractivity contribution in [3.63, 3.8) is 0 Å². The van der Waals surface area contributed by atoms with Crippen LogP contribution in [0, 0.1) is 11.3 Å². The fraction of sp³-hybridized carbons (Fsp3) is 0.333. The average molecular weight is 427 g/mol. The van der Waals surface area contributed by atoms with E-state index in [1.807, 2.05) is 39.2 Å². The first-order chi connectivity index (χ1) is 14.0. The monoisotopic (exact) mass is 426 g/mol. The average Bonchev–Trinajstić information content (AvgIpc) is 3.07. The molecule has 0 aliphatic carbocycles. The SMILES string of the molecule is CC(C)(C)N=CC(=CN)C(=O)NCC(=O)NC1(C)NC(c2cccc(C#N)c2)=CS1. The van der Waals surface area contributed by atoms with Gasteiger partial charge in [-0.2, -0.15) is 5.26 Å². The molecule has 158 valence electrons. The number of amides is 2. The van der Waals surface area contributed by atoms with Gasteiger partial charge in [-0.3, -0.25) is 14.6 Å². The summed E-state index contributed by atoms with van der Waals surface area (Å²) in [5.74, 6) is -0.847. The predicted molar refractivity (Wildman–Crippen MR) is 120 cm³/mol. The molecule has 2 amide bonds. The number of nitrogens with two attached hydrogens (primary N) is 1. The van der Waals surface area contributed by atoms with Gasteiger partial charge in [0.25, 0.3) is 5.91 Å². The number of nitriles is 1. The van der Waals surface area contributed by atoms with Crippen molar-refractivity contribution >= 4 is 35.5 Å². The van der Waals surface area contributed by atoms with Crippen LogP contribution in [0.25, 0.3) is 5.70 Å². The minimum atomic E-state index is -0.778. The molecule has 1 aromatic rings. The fourth-order valence-electron chi connectivity index (χ4n) is 2.46. The number of nitrogens with zero attached hydrogens (tertiary/aromatic N) is 2. The van der Waals surface area contributed by atoms with Gasteiger partial charge in [-0.05, 0) is 50.8 Å². The van der Waals surface area contributed by atoms with E-state index >= 15 is 0 Å². The standard InChI is InChI=1S/C21H26N6O2S/c1-20(2,3)25-11-16(10-23)19(29)24-12-18(28)27-21(4)26-17(13-30-21)15-7-5-6-14(8-15)9-22/h5-8,10-11,13,26H,12,23H2,1-4H3,(H,24,29)(H,27,28). The number of hydrogen-bond acceptors (Lipinski definition) is 7. The van der Waals surface area contributed by atoms with Gasteiger partial charge in [-0.15, -0.1) is 0 Å². The zero-order valence-electron chi connectivity index (χ0n) is 17.4. The van der Waals surface area contributed by atoms with Crippen LogP contribution in [0.15, 0.2) is 46.4 Å². The second kappa shape index (κ2) is 9.50. The van der Waals surface area contributed by atoms with Crippen LogP contribution < -0.4 is 21.7 Å². The van der Waals surface area contributed by atoms with Crippen LogP contribution in [0.2, 0.25) is 0 Å². The van der Waals surface area contributed by atoms with Crippen LogP contribution in [0.1, 0.15) is 38.8 Å². The van der Waals surface area contributed by atoms with Gasteiger partial charge in [-0.1, -0.05) is 23.9 Å². The Bertz CT molecular complexity index is 955. The molecular formula is C21H26N6O2S. The molecule has 1 aliphatic heterocycles. The van der Waals surface area contributed by atoms with Gasteiger partial charge in [-0.25, -0.2) is 0 Å². The lowest BCUT2D eigenvalue weighted by Gasteiger charge is -2.27. The maximum absolute atomic E-state index is 12.4. The first-order valence-corrected chi connectivity index (χ1v) is 10.2. The summed E-state index contributed by atoms with van der Waals surface area (Å²) in [6, 6.07) is 9.29. The number of aliphatic imine (C=N–C) groups is 1. The van der Waals surface area contributed by atoms with E-state index in [-0.39, 0.29) is 23.6 Å². The number of thioether (sulfide) groups is 1. The highest BCUT2D eigenvalue weighted by molar-refractivity contribution is 8.03. The molecule has 0 radical (unpaired) electrons. The molecule has 0 spiro atoms. The van der Waals surface area contributed by atoms with Crippen molar-refractivity contribution in [2.24, 2.45) is 10.7 Å². The molecule has 0 fully saturated rings. The minimum absolute atomic E-state index is 0.179. The van der Waals surface area contributed by atoms with E-state index in [2.05, 4.69) is 27.0 Å². The third kappa shape index (κ3) is 6.67. The third-order valence-electron chi connectivity index (χ3n) is 3.91. The second-order valence-electron chi connectivity index (χ2n) is 7.78. The quantitative estimate of drug-likeness (QED) is 0.405. The topological polar surface area (TPSA) is 132 Å². The predicted octanol–water partition coefficient (Wildman–Crippen LogP) is 1.81. The number of rotatable bonds is 6. The molecule has 1 atom stereocenters. The molecule has 1 heterocycles. The van der Waals surface area contributed by atoms with Gasteiger partial charge < -0.3 is 21.7 Å². The lowest BCUT2D eigenvalue weighted by molar-refractivity contribution is -0.124. The second-order valence-corrected chi connectivity index (χ2v) is 9.07. The van der Waals surface area contributed by atoms with Crippen LogP contribution in [0.4, 0.5) is 0 Å². The van der Waals surface area contributed by atoms with Crippen molar-refractivity contribution < 1.29 is 9.59 Å². The lowest BCUT2D eigenvalue weighted by Crippen LogP contribution is -2.53. The zero-order valence-corrected chi connectivity index (χ0v) is 18.3. The summed E-state index contributed by atoms with van der Waals surface area (Å²) in [4.78, 5) is 28.0. The summed E-state index contributed by atoms with van der Waals surface area (Å²) in [5, 5.41) is 19.6. The molecule has 0 aromatic heterocycles. The van der Waals surface area contributed by atoms with Crippen LogP contribution in [-0.4, -0.2) is 35.1 Å². The maximum Gasteiger partial charge on any atom is 0.254 e. The molecule has 1 aromatic carbocycles. The van der Waals surface area contributed by atoms with E-state index in [9.17, 15) is 9.59 Å². The third-order valence-corrected chi connectivity index (χ3v) is 4.94. The fourth-order valence-corrected chi connectivity index (χ4v) is 3.35. The smallest absolute Gasteiger partial charge is 0.254 e. The lowest BCUT2D eigenvalue weighted by atomic mass is 10.1. The Hall–Kier alpha value is -3.25. The molecule has 9 heteroatoms. The van der Waals surface area contributed by atoms with Crippen molar-refractivity contribution in [1.29, 1.82) is 5.26 Å². The number of hydrogen-bond donors (Lipinski definition) is 4. The minimum Gasteiger partial charge on any atom is -0.404 e. The Labute approximate surface area is 180 Å². The molecule has 0 saturated carbocycles. The summed E-state index contributed by atoms with van der Waals surface area (Å²) in [7, 11) is 0. The van der Waals surface area contributed by atoms with E-state index in [0.29, 0.717) is 5.56 Å².